The zero-order valence-corrected chi connectivity index (χ0v) is 20.9. The Bertz CT molecular complexity index is 992. The third kappa shape index (κ3) is 5.51. The molecule has 0 aliphatic heterocycles. The minimum Gasteiger partial charge on any atom is -0.0654 e. The fourth-order valence-corrected chi connectivity index (χ4v) is 5.19. The van der Waals surface area contributed by atoms with Crippen molar-refractivity contribution in [1.82, 2.24) is 0 Å². The van der Waals surface area contributed by atoms with Crippen LogP contribution in [0.2, 0.25) is 0 Å². The summed E-state index contributed by atoms with van der Waals surface area (Å²) in [6, 6.07) is 12.0. The van der Waals surface area contributed by atoms with Gasteiger partial charge in [0, 0.05) is 0 Å². The standard InChI is InChI=1S/C31H44/c1-6-10-14-26-27(15-11-7-2)29(17-13-9-4)31-22-25-20-23(5)18-19-24(25)21-30(31)28(26)16-12-8-3/h18-22H,6-17H2,1-5H3. The lowest BCUT2D eigenvalue weighted by Gasteiger charge is -2.24. The van der Waals surface area contributed by atoms with Crippen molar-refractivity contribution in [3.63, 3.8) is 0 Å². The summed E-state index contributed by atoms with van der Waals surface area (Å²) in [7, 11) is 0. The first-order valence-electron chi connectivity index (χ1n) is 13.1. The van der Waals surface area contributed by atoms with Crippen LogP contribution in [0.3, 0.4) is 0 Å². The SMILES string of the molecule is CCCCc1c(CCCC)c(CCCC)c2cc3cc(C)ccc3cc2c1CCCC. The van der Waals surface area contributed by atoms with Crippen molar-refractivity contribution in [3.8, 4) is 0 Å². The van der Waals surface area contributed by atoms with Crippen molar-refractivity contribution in [1.29, 1.82) is 0 Å². The van der Waals surface area contributed by atoms with E-state index in [1.165, 1.54) is 93.4 Å². The van der Waals surface area contributed by atoms with Crippen LogP contribution in [0, 0.1) is 6.92 Å². The number of hydrogen-bond donors (Lipinski definition) is 0. The molecular formula is C31H44. The summed E-state index contributed by atoms with van der Waals surface area (Å²) in [5, 5.41) is 5.93. The highest BCUT2D eigenvalue weighted by Gasteiger charge is 2.19. The van der Waals surface area contributed by atoms with E-state index in [9.17, 15) is 0 Å². The lowest BCUT2D eigenvalue weighted by atomic mass is 9.81. The van der Waals surface area contributed by atoms with Gasteiger partial charge in [-0.3, -0.25) is 0 Å². The summed E-state index contributed by atoms with van der Waals surface area (Å²) in [4.78, 5) is 0. The molecule has 0 aliphatic carbocycles. The second-order valence-corrected chi connectivity index (χ2v) is 9.58. The fourth-order valence-electron chi connectivity index (χ4n) is 5.19. The van der Waals surface area contributed by atoms with Crippen molar-refractivity contribution < 1.29 is 0 Å². The van der Waals surface area contributed by atoms with Gasteiger partial charge >= 0.3 is 0 Å². The van der Waals surface area contributed by atoms with E-state index in [1.807, 2.05) is 0 Å². The Labute approximate surface area is 191 Å². The normalized spacial score (nSPS) is 11.6. The monoisotopic (exact) mass is 416 g/mol. The largest absolute Gasteiger partial charge is 0.0654 e. The van der Waals surface area contributed by atoms with Gasteiger partial charge < -0.3 is 0 Å². The molecule has 0 N–H and O–H groups in total. The Kier molecular flexibility index (Phi) is 9.00. The van der Waals surface area contributed by atoms with Crippen LogP contribution in [0.15, 0.2) is 30.3 Å². The quantitative estimate of drug-likeness (QED) is 0.258. The molecular weight excluding hydrogens is 372 g/mol. The number of hydrogen-bond acceptors (Lipinski definition) is 0. The van der Waals surface area contributed by atoms with Gasteiger partial charge in [0.05, 0.1) is 0 Å². The molecule has 0 unspecified atom stereocenters. The van der Waals surface area contributed by atoms with Crippen LogP contribution in [-0.4, -0.2) is 0 Å². The van der Waals surface area contributed by atoms with Gasteiger partial charge in [-0.05, 0) is 114 Å². The molecule has 0 fully saturated rings. The lowest BCUT2D eigenvalue weighted by Crippen LogP contribution is -2.08. The number of unbranched alkanes of at least 4 members (excludes halogenated alkanes) is 4. The van der Waals surface area contributed by atoms with Gasteiger partial charge in [-0.15, -0.1) is 0 Å². The van der Waals surface area contributed by atoms with Crippen molar-refractivity contribution in [2.45, 2.75) is 112 Å². The van der Waals surface area contributed by atoms with Crippen molar-refractivity contribution in [2.24, 2.45) is 0 Å². The average Bonchev–Trinajstić information content (AvgIpc) is 2.78. The van der Waals surface area contributed by atoms with Crippen LogP contribution in [0.4, 0.5) is 0 Å². The number of rotatable bonds is 12. The van der Waals surface area contributed by atoms with E-state index in [4.69, 9.17) is 0 Å². The topological polar surface area (TPSA) is 0 Å². The van der Waals surface area contributed by atoms with Gasteiger partial charge in [0.1, 0.15) is 0 Å². The van der Waals surface area contributed by atoms with E-state index in [2.05, 4.69) is 65.0 Å². The second kappa shape index (κ2) is 11.7. The molecule has 0 aliphatic rings. The zero-order valence-electron chi connectivity index (χ0n) is 20.9. The first-order chi connectivity index (χ1) is 15.1. The van der Waals surface area contributed by atoms with E-state index in [1.54, 1.807) is 33.0 Å². The maximum atomic E-state index is 2.54. The molecule has 0 amide bonds. The van der Waals surface area contributed by atoms with Gasteiger partial charge in [-0.1, -0.05) is 77.1 Å². The third-order valence-electron chi connectivity index (χ3n) is 7.00. The molecule has 0 aromatic heterocycles. The molecule has 0 saturated carbocycles. The van der Waals surface area contributed by atoms with Gasteiger partial charge in [0.15, 0.2) is 0 Å². The molecule has 0 saturated heterocycles. The van der Waals surface area contributed by atoms with Crippen LogP contribution < -0.4 is 0 Å². The fraction of sp³-hybridized carbons (Fsp3) is 0.548. The van der Waals surface area contributed by atoms with Crippen LogP contribution in [0.1, 0.15) is 107 Å². The van der Waals surface area contributed by atoms with E-state index in [0.717, 1.165) is 0 Å². The summed E-state index contributed by atoms with van der Waals surface area (Å²) in [6.45, 7) is 11.6. The van der Waals surface area contributed by atoms with Crippen LogP contribution in [0.25, 0.3) is 21.5 Å². The smallest absolute Gasteiger partial charge is 0.0140 e. The second-order valence-electron chi connectivity index (χ2n) is 9.58. The van der Waals surface area contributed by atoms with E-state index >= 15 is 0 Å². The van der Waals surface area contributed by atoms with Crippen molar-refractivity contribution in [2.75, 3.05) is 0 Å². The number of benzene rings is 3. The van der Waals surface area contributed by atoms with Gasteiger partial charge in [0.25, 0.3) is 0 Å². The van der Waals surface area contributed by atoms with Crippen molar-refractivity contribution >= 4 is 21.5 Å². The average molecular weight is 417 g/mol. The predicted molar refractivity (Wildman–Crippen MR) is 141 cm³/mol. The Morgan fingerprint density at radius 3 is 1.35 bits per heavy atom. The molecule has 0 nitrogen and oxygen atoms in total. The molecule has 31 heavy (non-hydrogen) atoms. The number of aryl methyl sites for hydroxylation is 3. The first-order valence-corrected chi connectivity index (χ1v) is 13.1. The van der Waals surface area contributed by atoms with Crippen LogP contribution in [0.5, 0.6) is 0 Å². The third-order valence-corrected chi connectivity index (χ3v) is 7.00. The summed E-state index contributed by atoms with van der Waals surface area (Å²) < 4.78 is 0. The summed E-state index contributed by atoms with van der Waals surface area (Å²) in [5.74, 6) is 0. The first kappa shape index (κ1) is 23.8. The maximum Gasteiger partial charge on any atom is -0.0140 e. The highest BCUT2D eigenvalue weighted by molar-refractivity contribution is 6.02. The molecule has 3 aromatic carbocycles. The molecule has 0 spiro atoms. The van der Waals surface area contributed by atoms with Gasteiger partial charge in [-0.25, -0.2) is 0 Å². The molecule has 3 aromatic rings. The molecule has 0 radical (unpaired) electrons. The minimum absolute atomic E-state index is 1.23. The molecule has 0 heteroatoms. The summed E-state index contributed by atoms with van der Waals surface area (Å²) in [6.07, 6.45) is 15.3. The number of fused-ring (bicyclic) bond motifs is 2. The summed E-state index contributed by atoms with van der Waals surface area (Å²) in [5.41, 5.74) is 8.18. The zero-order chi connectivity index (χ0) is 22.2. The molecule has 168 valence electrons. The molecule has 0 atom stereocenters. The maximum absolute atomic E-state index is 2.54. The Morgan fingerprint density at radius 2 is 0.903 bits per heavy atom. The molecule has 3 rings (SSSR count). The van der Waals surface area contributed by atoms with E-state index < -0.39 is 0 Å². The van der Waals surface area contributed by atoms with Gasteiger partial charge in [0.2, 0.25) is 0 Å². The molecule has 0 heterocycles. The highest BCUT2D eigenvalue weighted by atomic mass is 14.2. The molecule has 0 bridgehead atoms. The Morgan fingerprint density at radius 1 is 0.484 bits per heavy atom. The predicted octanol–water partition coefficient (Wildman–Crippen LogP) is 9.67. The van der Waals surface area contributed by atoms with Crippen LogP contribution >= 0.6 is 0 Å². The Hall–Kier alpha value is -1.82. The lowest BCUT2D eigenvalue weighted by molar-refractivity contribution is 0.724. The van der Waals surface area contributed by atoms with E-state index in [0.29, 0.717) is 0 Å². The van der Waals surface area contributed by atoms with Gasteiger partial charge in [-0.2, -0.15) is 0 Å². The van der Waals surface area contributed by atoms with E-state index in [-0.39, 0.29) is 0 Å². The van der Waals surface area contributed by atoms with Crippen LogP contribution in [-0.2, 0) is 25.7 Å². The highest BCUT2D eigenvalue weighted by Crippen LogP contribution is 2.37. The summed E-state index contributed by atoms with van der Waals surface area (Å²) >= 11 is 0. The van der Waals surface area contributed by atoms with Crippen molar-refractivity contribution in [3.05, 3.63) is 58.1 Å². The minimum atomic E-state index is 1.23. The Balaban J connectivity index is 2.37.